The van der Waals surface area contributed by atoms with E-state index >= 15 is 0 Å². The quantitative estimate of drug-likeness (QED) is 0.462. The van der Waals surface area contributed by atoms with E-state index in [0.29, 0.717) is 17.2 Å². The molecule has 0 fully saturated rings. The molecule has 0 aromatic heterocycles. The maximum atomic E-state index is 12.8. The molecule has 3 aromatic carbocycles. The molecule has 1 aliphatic heterocycles. The molecule has 162 valence electrons. The second-order valence-electron chi connectivity index (χ2n) is 8.48. The second kappa shape index (κ2) is 8.08. The van der Waals surface area contributed by atoms with Crippen LogP contribution in [0.15, 0.2) is 72.8 Å². The molecule has 5 nitrogen and oxygen atoms in total. The molecule has 0 spiro atoms. The van der Waals surface area contributed by atoms with E-state index in [1.165, 1.54) is 5.56 Å². The molecule has 3 N–H and O–H groups in total. The van der Waals surface area contributed by atoms with E-state index in [2.05, 4.69) is 28.9 Å². The van der Waals surface area contributed by atoms with Gasteiger partial charge in [0.05, 0.1) is 13.2 Å². The van der Waals surface area contributed by atoms with Crippen molar-refractivity contribution in [2.75, 3.05) is 17.7 Å². The summed E-state index contributed by atoms with van der Waals surface area (Å²) >= 11 is 0. The van der Waals surface area contributed by atoms with Crippen LogP contribution >= 0.6 is 0 Å². The first-order valence-corrected chi connectivity index (χ1v) is 10.9. The van der Waals surface area contributed by atoms with Gasteiger partial charge in [-0.05, 0) is 72.4 Å². The summed E-state index contributed by atoms with van der Waals surface area (Å²) in [6.45, 7) is 1.94. The Hall–Kier alpha value is -3.73. The maximum Gasteiger partial charge on any atom is 0.255 e. The molecule has 3 atom stereocenters. The third kappa shape index (κ3) is 3.50. The third-order valence-electron chi connectivity index (χ3n) is 6.57. The SMILES string of the molecule is COc1ccc(C2Nc3ccc(NC(=O)c4ccccc4C)cc3C3C=CCC32)cc1O. The summed E-state index contributed by atoms with van der Waals surface area (Å²) in [5.41, 5.74) is 5.69. The normalized spacial score (nSPS) is 20.8. The zero-order valence-corrected chi connectivity index (χ0v) is 18.1. The van der Waals surface area contributed by atoms with E-state index in [0.717, 1.165) is 28.9 Å². The van der Waals surface area contributed by atoms with Crippen molar-refractivity contribution < 1.29 is 14.6 Å². The van der Waals surface area contributed by atoms with Crippen molar-refractivity contribution in [2.24, 2.45) is 5.92 Å². The Kier molecular flexibility index (Phi) is 5.10. The van der Waals surface area contributed by atoms with Gasteiger partial charge in [-0.3, -0.25) is 4.79 Å². The number of fused-ring (bicyclic) bond motifs is 3. The Labute approximate surface area is 187 Å². The summed E-state index contributed by atoms with van der Waals surface area (Å²) in [7, 11) is 1.55. The average molecular weight is 427 g/mol. The first kappa shape index (κ1) is 20.2. The Morgan fingerprint density at radius 3 is 2.75 bits per heavy atom. The number of amides is 1. The molecule has 2 aliphatic rings. The number of phenols is 1. The van der Waals surface area contributed by atoms with Crippen molar-refractivity contribution in [1.29, 1.82) is 0 Å². The van der Waals surface area contributed by atoms with E-state index in [1.54, 1.807) is 13.2 Å². The van der Waals surface area contributed by atoms with Crippen molar-refractivity contribution in [2.45, 2.75) is 25.3 Å². The van der Waals surface area contributed by atoms with Gasteiger partial charge in [-0.1, -0.05) is 36.4 Å². The second-order valence-corrected chi connectivity index (χ2v) is 8.48. The minimum atomic E-state index is -0.100. The molecule has 0 saturated carbocycles. The number of hydrogen-bond acceptors (Lipinski definition) is 4. The number of rotatable bonds is 4. The van der Waals surface area contributed by atoms with Crippen molar-refractivity contribution in [3.05, 3.63) is 95.1 Å². The lowest BCUT2D eigenvalue weighted by Crippen LogP contribution is -2.29. The van der Waals surface area contributed by atoms with Gasteiger partial charge < -0.3 is 20.5 Å². The van der Waals surface area contributed by atoms with Gasteiger partial charge in [-0.25, -0.2) is 0 Å². The number of anilines is 2. The van der Waals surface area contributed by atoms with Gasteiger partial charge in [0.15, 0.2) is 11.5 Å². The van der Waals surface area contributed by atoms with Crippen LogP contribution in [0.1, 0.15) is 45.4 Å². The summed E-state index contributed by atoms with van der Waals surface area (Å²) in [5.74, 6) is 1.10. The van der Waals surface area contributed by atoms with E-state index < -0.39 is 0 Å². The molecule has 3 aromatic rings. The minimum Gasteiger partial charge on any atom is -0.504 e. The molecule has 3 unspecified atom stereocenters. The number of carbonyl (C=O) groups excluding carboxylic acids is 1. The van der Waals surface area contributed by atoms with Crippen LogP contribution in [0.4, 0.5) is 11.4 Å². The predicted molar refractivity (Wildman–Crippen MR) is 127 cm³/mol. The number of ether oxygens (including phenoxy) is 1. The Balaban J connectivity index is 1.44. The molecule has 5 rings (SSSR count). The standard InChI is InChI=1S/C27H26N2O3/c1-16-6-3-4-7-19(16)27(31)28-18-11-12-23-22(15-18)20-8-5-9-21(20)26(29-23)17-10-13-25(32-2)24(30)14-17/h3-8,10-15,20-21,26,29-30H,9H2,1-2H3,(H,28,31). The molecule has 1 aliphatic carbocycles. The van der Waals surface area contributed by atoms with Crippen LogP contribution < -0.4 is 15.4 Å². The summed E-state index contributed by atoms with van der Waals surface area (Å²) < 4.78 is 5.20. The summed E-state index contributed by atoms with van der Waals surface area (Å²) in [6.07, 6.45) is 5.43. The smallest absolute Gasteiger partial charge is 0.255 e. The highest BCUT2D eigenvalue weighted by Gasteiger charge is 2.38. The number of phenolic OH excluding ortho intramolecular Hbond substituents is 1. The molecule has 5 heteroatoms. The molecule has 0 bridgehead atoms. The molecular weight excluding hydrogens is 400 g/mol. The predicted octanol–water partition coefficient (Wildman–Crippen LogP) is 5.79. The maximum absolute atomic E-state index is 12.8. The fourth-order valence-corrected chi connectivity index (χ4v) is 4.93. The number of hydrogen-bond donors (Lipinski definition) is 3. The Bertz CT molecular complexity index is 1220. The number of nitrogens with one attached hydrogen (secondary N) is 2. The lowest BCUT2D eigenvalue weighted by atomic mass is 9.77. The van der Waals surface area contributed by atoms with Crippen LogP contribution in [0.2, 0.25) is 0 Å². The zero-order valence-electron chi connectivity index (χ0n) is 18.1. The molecule has 1 amide bonds. The number of carbonyl (C=O) groups is 1. The Morgan fingerprint density at radius 2 is 1.97 bits per heavy atom. The third-order valence-corrected chi connectivity index (χ3v) is 6.57. The molecule has 1 heterocycles. The zero-order chi connectivity index (χ0) is 22.2. The fourth-order valence-electron chi connectivity index (χ4n) is 4.93. The van der Waals surface area contributed by atoms with Crippen LogP contribution in [0, 0.1) is 12.8 Å². The van der Waals surface area contributed by atoms with Gasteiger partial charge in [0.25, 0.3) is 5.91 Å². The Morgan fingerprint density at radius 1 is 1.12 bits per heavy atom. The van der Waals surface area contributed by atoms with Gasteiger partial charge in [0.2, 0.25) is 0 Å². The fraction of sp³-hybridized carbons (Fsp3) is 0.222. The van der Waals surface area contributed by atoms with Gasteiger partial charge in [-0.2, -0.15) is 0 Å². The van der Waals surface area contributed by atoms with Crippen LogP contribution in [-0.2, 0) is 0 Å². The average Bonchev–Trinajstić information content (AvgIpc) is 3.29. The minimum absolute atomic E-state index is 0.0757. The molecular formula is C27H26N2O3. The number of aryl methyl sites for hydroxylation is 1. The van der Waals surface area contributed by atoms with Gasteiger partial charge in [-0.15, -0.1) is 0 Å². The first-order valence-electron chi connectivity index (χ1n) is 10.9. The molecule has 0 radical (unpaired) electrons. The topological polar surface area (TPSA) is 70.6 Å². The van der Waals surface area contributed by atoms with E-state index in [1.807, 2.05) is 55.5 Å². The van der Waals surface area contributed by atoms with Crippen LogP contribution in [0.3, 0.4) is 0 Å². The van der Waals surface area contributed by atoms with E-state index in [-0.39, 0.29) is 23.6 Å². The summed E-state index contributed by atoms with van der Waals surface area (Å²) in [5, 5.41) is 17.0. The van der Waals surface area contributed by atoms with Crippen molar-refractivity contribution in [3.63, 3.8) is 0 Å². The van der Waals surface area contributed by atoms with Crippen LogP contribution in [0.25, 0.3) is 0 Å². The van der Waals surface area contributed by atoms with E-state index in [4.69, 9.17) is 4.74 Å². The molecule has 32 heavy (non-hydrogen) atoms. The largest absolute Gasteiger partial charge is 0.504 e. The van der Waals surface area contributed by atoms with Gasteiger partial charge in [0.1, 0.15) is 0 Å². The highest BCUT2D eigenvalue weighted by atomic mass is 16.5. The van der Waals surface area contributed by atoms with Crippen molar-refractivity contribution in [1.82, 2.24) is 0 Å². The van der Waals surface area contributed by atoms with Gasteiger partial charge in [0, 0.05) is 22.9 Å². The van der Waals surface area contributed by atoms with Crippen LogP contribution in [0.5, 0.6) is 11.5 Å². The van der Waals surface area contributed by atoms with Crippen LogP contribution in [-0.4, -0.2) is 18.1 Å². The monoisotopic (exact) mass is 426 g/mol. The number of allylic oxidation sites excluding steroid dienone is 2. The number of methoxy groups -OCH3 is 1. The van der Waals surface area contributed by atoms with Crippen molar-refractivity contribution in [3.8, 4) is 11.5 Å². The van der Waals surface area contributed by atoms with Crippen molar-refractivity contribution >= 4 is 17.3 Å². The highest BCUT2D eigenvalue weighted by Crippen LogP contribution is 2.51. The first-order chi connectivity index (χ1) is 15.5. The summed E-state index contributed by atoms with van der Waals surface area (Å²) in [6, 6.07) is 19.3. The lowest BCUT2D eigenvalue weighted by Gasteiger charge is -2.37. The number of benzene rings is 3. The van der Waals surface area contributed by atoms with Gasteiger partial charge >= 0.3 is 0 Å². The van der Waals surface area contributed by atoms with E-state index in [9.17, 15) is 9.90 Å². The lowest BCUT2D eigenvalue weighted by molar-refractivity contribution is 0.102. The molecule has 0 saturated heterocycles. The number of aromatic hydroxyl groups is 1. The summed E-state index contributed by atoms with van der Waals surface area (Å²) in [4.78, 5) is 12.8. The highest BCUT2D eigenvalue weighted by molar-refractivity contribution is 6.05.